The fourth-order valence-corrected chi connectivity index (χ4v) is 7.39. The molecule has 1 saturated carbocycles. The molecule has 0 unspecified atom stereocenters. The number of hydrogen-bond acceptors (Lipinski definition) is 5. The van der Waals surface area contributed by atoms with Gasteiger partial charge >= 0.3 is 5.97 Å². The first-order valence-electron chi connectivity index (χ1n) is 15.0. The quantitative estimate of drug-likeness (QED) is 0.352. The zero-order valence-electron chi connectivity index (χ0n) is 23.9. The van der Waals surface area contributed by atoms with E-state index in [1.165, 1.54) is 10.6 Å². The molecule has 1 aliphatic carbocycles. The minimum absolute atomic E-state index is 0.0318. The van der Waals surface area contributed by atoms with Crippen molar-refractivity contribution in [2.45, 2.75) is 62.3 Å². The van der Waals surface area contributed by atoms with E-state index in [9.17, 15) is 27.6 Å². The molecule has 1 aromatic heterocycles. The Morgan fingerprint density at radius 2 is 1.70 bits per heavy atom. The number of ether oxygens (including phenoxy) is 1. The summed E-state index contributed by atoms with van der Waals surface area (Å²) in [6, 6.07) is 15.2. The number of carbonyl (C=O) groups is 3. The number of benzene rings is 2. The number of likely N-dealkylation sites (tertiary alicyclic amines) is 1. The topological polar surface area (TPSA) is 94.6 Å². The number of aromatic nitrogens is 1. The van der Waals surface area contributed by atoms with E-state index < -0.39 is 43.8 Å². The summed E-state index contributed by atoms with van der Waals surface area (Å²) in [4.78, 5) is 42.1. The number of amides is 1. The zero-order chi connectivity index (χ0) is 30.3. The van der Waals surface area contributed by atoms with Gasteiger partial charge in [-0.2, -0.15) is 0 Å². The second-order valence-corrected chi connectivity index (χ2v) is 12.2. The Morgan fingerprint density at radius 3 is 2.37 bits per heavy atom. The van der Waals surface area contributed by atoms with Crippen LogP contribution in [0.1, 0.15) is 59.6 Å². The summed E-state index contributed by atoms with van der Waals surface area (Å²) in [5, 5.41) is 0.574. The van der Waals surface area contributed by atoms with E-state index in [-0.39, 0.29) is 41.6 Å². The molecule has 2 aliphatic heterocycles. The normalized spacial score (nSPS) is 25.5. The van der Waals surface area contributed by atoms with Crippen molar-refractivity contribution in [2.75, 3.05) is 26.6 Å². The number of nitrogens with two attached hydrogens (primary N) is 1. The highest BCUT2D eigenvalue weighted by Gasteiger charge is 2.48. The van der Waals surface area contributed by atoms with Crippen molar-refractivity contribution in [3.05, 3.63) is 71.4 Å². The van der Waals surface area contributed by atoms with Crippen LogP contribution in [0.5, 0.6) is 0 Å². The lowest BCUT2D eigenvalue weighted by Gasteiger charge is -2.35. The van der Waals surface area contributed by atoms with E-state index in [0.717, 1.165) is 5.56 Å². The van der Waals surface area contributed by atoms with Crippen molar-refractivity contribution in [3.63, 3.8) is 0 Å². The van der Waals surface area contributed by atoms with Gasteiger partial charge in [0.1, 0.15) is 12.4 Å². The highest BCUT2D eigenvalue weighted by molar-refractivity contribution is 5.99. The SMILES string of the molecule is N[C@H](CF)C1CCC(C(=O)N2CC[C@H](c3ccccc3)[C@H]2C(=O)Cc2ccc3c(c2)cc2n3C(CF)(CF)OC2=O)CC1. The third-order valence-corrected chi connectivity index (χ3v) is 9.70. The van der Waals surface area contributed by atoms with Gasteiger partial charge in [-0.25, -0.2) is 18.0 Å². The number of esters is 1. The fraction of sp³-hybridized carbons (Fsp3) is 0.485. The monoisotopic (exact) mass is 595 g/mol. The Balaban J connectivity index is 1.26. The molecule has 3 heterocycles. The van der Waals surface area contributed by atoms with E-state index in [1.54, 1.807) is 23.1 Å². The maximum Gasteiger partial charge on any atom is 0.357 e. The molecule has 2 N–H and O–H groups in total. The van der Waals surface area contributed by atoms with Gasteiger partial charge in [-0.15, -0.1) is 0 Å². The van der Waals surface area contributed by atoms with E-state index in [4.69, 9.17) is 10.5 Å². The molecule has 0 bridgehead atoms. The van der Waals surface area contributed by atoms with Crippen molar-refractivity contribution >= 4 is 28.6 Å². The number of alkyl halides is 3. The van der Waals surface area contributed by atoms with Crippen LogP contribution in [0.4, 0.5) is 13.2 Å². The smallest absolute Gasteiger partial charge is 0.357 e. The summed E-state index contributed by atoms with van der Waals surface area (Å²) in [6.45, 7) is -2.51. The maximum atomic E-state index is 14.1. The van der Waals surface area contributed by atoms with Gasteiger partial charge in [-0.3, -0.25) is 14.2 Å². The highest BCUT2D eigenvalue weighted by atomic mass is 19.1. The van der Waals surface area contributed by atoms with E-state index >= 15 is 0 Å². The maximum absolute atomic E-state index is 14.1. The summed E-state index contributed by atoms with van der Waals surface area (Å²) in [5.74, 6) is -1.24. The Morgan fingerprint density at radius 1 is 0.977 bits per heavy atom. The van der Waals surface area contributed by atoms with Crippen LogP contribution in [0.3, 0.4) is 0 Å². The Hall–Kier alpha value is -3.66. The van der Waals surface area contributed by atoms with Crippen LogP contribution in [-0.2, 0) is 26.5 Å². The van der Waals surface area contributed by atoms with Gasteiger partial charge in [0.05, 0.1) is 11.6 Å². The van der Waals surface area contributed by atoms with Crippen LogP contribution >= 0.6 is 0 Å². The standard InChI is InChI=1S/C33H36F3N3O4/c34-17-26(37)22-7-9-23(10-8-22)31(41)38-13-12-25(21-4-2-1-3-5-21)30(38)29(40)15-20-6-11-27-24(14-20)16-28-32(42)43-33(18-35,19-36)39(27)28/h1-6,11,14,16,22-23,25-26,30H,7-10,12-13,15,17-19,37H2/t22?,23?,25-,26-,30+/m1/s1. The third kappa shape index (κ3) is 5.13. The lowest BCUT2D eigenvalue weighted by atomic mass is 9.78. The van der Waals surface area contributed by atoms with Crippen LogP contribution in [0, 0.1) is 11.8 Å². The highest BCUT2D eigenvalue weighted by Crippen LogP contribution is 2.40. The number of ketones is 1. The number of Topliss-reactive ketones (excluding diaryl/α,β-unsaturated/α-hetero) is 1. The fourth-order valence-electron chi connectivity index (χ4n) is 7.39. The van der Waals surface area contributed by atoms with Gasteiger partial charge in [-0.1, -0.05) is 36.4 Å². The number of hydrogen-bond donors (Lipinski definition) is 1. The van der Waals surface area contributed by atoms with E-state index in [2.05, 4.69) is 0 Å². The molecule has 2 aromatic carbocycles. The zero-order valence-corrected chi connectivity index (χ0v) is 23.9. The van der Waals surface area contributed by atoms with Gasteiger partial charge in [0, 0.05) is 36.2 Å². The minimum atomic E-state index is -2.02. The largest absolute Gasteiger partial charge is 0.428 e. The van der Waals surface area contributed by atoms with Crippen molar-refractivity contribution in [2.24, 2.45) is 17.6 Å². The Bertz CT molecular complexity index is 1510. The molecule has 2 fully saturated rings. The van der Waals surface area contributed by atoms with Crippen molar-refractivity contribution in [3.8, 4) is 0 Å². The number of halogens is 3. The first kappa shape index (κ1) is 29.4. The predicted molar refractivity (Wildman–Crippen MR) is 155 cm³/mol. The molecule has 3 aromatic rings. The van der Waals surface area contributed by atoms with Crippen LogP contribution in [-0.4, -0.2) is 65.8 Å². The van der Waals surface area contributed by atoms with Gasteiger partial charge in [0.15, 0.2) is 19.1 Å². The molecule has 7 nitrogen and oxygen atoms in total. The average molecular weight is 596 g/mol. The van der Waals surface area contributed by atoms with Crippen LogP contribution < -0.4 is 5.73 Å². The van der Waals surface area contributed by atoms with Crippen molar-refractivity contribution < 1.29 is 32.3 Å². The predicted octanol–water partition coefficient (Wildman–Crippen LogP) is 5.00. The molecule has 0 radical (unpaired) electrons. The molecule has 3 aliphatic rings. The lowest BCUT2D eigenvalue weighted by molar-refractivity contribution is -0.142. The summed E-state index contributed by atoms with van der Waals surface area (Å²) < 4.78 is 47.2. The second-order valence-electron chi connectivity index (χ2n) is 12.2. The number of carbonyl (C=O) groups excluding carboxylic acids is 3. The Kier molecular flexibility index (Phi) is 8.06. The number of rotatable bonds is 9. The van der Waals surface area contributed by atoms with Gasteiger partial charge in [-0.05, 0) is 67.3 Å². The molecule has 228 valence electrons. The van der Waals surface area contributed by atoms with Crippen LogP contribution in [0.25, 0.3) is 10.9 Å². The van der Waals surface area contributed by atoms with Gasteiger partial charge in [0.25, 0.3) is 0 Å². The van der Waals surface area contributed by atoms with Gasteiger partial charge in [0.2, 0.25) is 11.6 Å². The molecule has 1 amide bonds. The Labute approximate surface area is 248 Å². The molecular formula is C33H36F3N3O4. The summed E-state index contributed by atoms with van der Waals surface area (Å²) in [7, 11) is 0. The molecule has 10 heteroatoms. The molecule has 6 rings (SSSR count). The van der Waals surface area contributed by atoms with Gasteiger partial charge < -0.3 is 15.4 Å². The number of nitrogens with zero attached hydrogens (tertiary/aromatic N) is 2. The van der Waals surface area contributed by atoms with Crippen LogP contribution in [0.15, 0.2) is 54.6 Å². The number of cyclic esters (lactones) is 1. The molecule has 0 spiro atoms. The minimum Gasteiger partial charge on any atom is -0.428 e. The van der Waals surface area contributed by atoms with Crippen molar-refractivity contribution in [1.82, 2.24) is 9.47 Å². The van der Waals surface area contributed by atoms with Crippen LogP contribution in [0.2, 0.25) is 0 Å². The first-order valence-corrected chi connectivity index (χ1v) is 15.0. The third-order valence-electron chi connectivity index (χ3n) is 9.70. The summed E-state index contributed by atoms with van der Waals surface area (Å²) >= 11 is 0. The summed E-state index contributed by atoms with van der Waals surface area (Å²) in [6.07, 6.45) is 3.35. The second kappa shape index (κ2) is 11.8. The first-order chi connectivity index (χ1) is 20.8. The molecule has 1 saturated heterocycles. The lowest BCUT2D eigenvalue weighted by Crippen LogP contribution is -2.47. The van der Waals surface area contributed by atoms with E-state index in [0.29, 0.717) is 55.1 Å². The average Bonchev–Trinajstić information content (AvgIpc) is 3.73. The van der Waals surface area contributed by atoms with E-state index in [1.807, 2.05) is 30.3 Å². The molecule has 3 atom stereocenters. The molecule has 43 heavy (non-hydrogen) atoms. The summed E-state index contributed by atoms with van der Waals surface area (Å²) in [5.41, 5.74) is 6.08. The molecular weight excluding hydrogens is 559 g/mol. The van der Waals surface area contributed by atoms with Crippen molar-refractivity contribution in [1.29, 1.82) is 0 Å². The number of fused-ring (bicyclic) bond motifs is 3.